The summed E-state index contributed by atoms with van der Waals surface area (Å²) in [5, 5.41) is 0.184. The molecule has 84 valence electrons. The highest BCUT2D eigenvalue weighted by Crippen LogP contribution is 2.26. The van der Waals surface area contributed by atoms with Crippen molar-refractivity contribution in [1.29, 1.82) is 0 Å². The Balaban J connectivity index is 2.25. The van der Waals surface area contributed by atoms with E-state index in [0.29, 0.717) is 24.9 Å². The second kappa shape index (κ2) is 3.61. The Morgan fingerprint density at radius 1 is 1.40 bits per heavy atom. The lowest BCUT2D eigenvalue weighted by molar-refractivity contribution is 0.461. The van der Waals surface area contributed by atoms with Gasteiger partial charge in [0.1, 0.15) is 0 Å². The Bertz CT molecular complexity index is 416. The molecule has 0 spiro atoms. The van der Waals surface area contributed by atoms with Crippen LogP contribution in [0.3, 0.4) is 0 Å². The highest BCUT2D eigenvalue weighted by atomic mass is 32.2. The first-order valence-corrected chi connectivity index (χ1v) is 6.44. The predicted octanol–water partition coefficient (Wildman–Crippen LogP) is 0.686. The smallest absolute Gasteiger partial charge is 0.260 e. The number of aromatic amines is 1. The molecule has 5 nitrogen and oxygen atoms in total. The molecule has 2 heterocycles. The first-order chi connectivity index (χ1) is 7.01. The Morgan fingerprint density at radius 3 is 2.47 bits per heavy atom. The lowest BCUT2D eigenvalue weighted by Crippen LogP contribution is -2.29. The molecule has 1 N–H and O–H groups in total. The average molecular weight is 229 g/mol. The first-order valence-electron chi connectivity index (χ1n) is 5.00. The normalized spacial score (nSPS) is 28.4. The van der Waals surface area contributed by atoms with Gasteiger partial charge in [0, 0.05) is 13.1 Å². The van der Waals surface area contributed by atoms with Gasteiger partial charge < -0.3 is 4.98 Å². The molecule has 0 aliphatic carbocycles. The molecule has 0 radical (unpaired) electrons. The standard InChI is InChI=1S/C9H15N3O2S/c1-7-4-12(5-8(7)2)15(13,14)9-3-10-6-11-9/h3,6-8H,4-5H2,1-2H3,(H,10,11). The van der Waals surface area contributed by atoms with Crippen LogP contribution in [0.5, 0.6) is 0 Å². The fraction of sp³-hybridized carbons (Fsp3) is 0.667. The molecule has 2 rings (SSSR count). The van der Waals surface area contributed by atoms with Gasteiger partial charge in [-0.3, -0.25) is 0 Å². The molecule has 1 aliphatic heterocycles. The molecule has 1 aliphatic rings. The summed E-state index contributed by atoms with van der Waals surface area (Å²) in [6.07, 6.45) is 2.73. The number of hydrogen-bond acceptors (Lipinski definition) is 3. The Hall–Kier alpha value is -0.880. The highest BCUT2D eigenvalue weighted by Gasteiger charge is 2.35. The zero-order valence-corrected chi connectivity index (χ0v) is 9.66. The van der Waals surface area contributed by atoms with Crippen LogP contribution in [-0.4, -0.2) is 35.8 Å². The largest absolute Gasteiger partial charge is 0.335 e. The fourth-order valence-corrected chi connectivity index (χ4v) is 3.33. The van der Waals surface area contributed by atoms with Crippen LogP contribution in [0.15, 0.2) is 17.6 Å². The van der Waals surface area contributed by atoms with Gasteiger partial charge in [-0.15, -0.1) is 0 Å². The number of nitrogens with zero attached hydrogens (tertiary/aromatic N) is 2. The second-order valence-electron chi connectivity index (χ2n) is 4.19. The summed E-state index contributed by atoms with van der Waals surface area (Å²) in [4.78, 5) is 6.38. The van der Waals surface area contributed by atoms with Gasteiger partial charge in [0.15, 0.2) is 5.03 Å². The summed E-state index contributed by atoms with van der Waals surface area (Å²) in [6.45, 7) is 5.35. The molecule has 2 atom stereocenters. The van der Waals surface area contributed by atoms with Gasteiger partial charge in [0.25, 0.3) is 10.0 Å². The number of nitrogens with one attached hydrogen (secondary N) is 1. The molecule has 1 aromatic heterocycles. The zero-order valence-electron chi connectivity index (χ0n) is 8.84. The lowest BCUT2D eigenvalue weighted by Gasteiger charge is -2.14. The van der Waals surface area contributed by atoms with Gasteiger partial charge in [-0.2, -0.15) is 4.31 Å². The number of hydrogen-bond donors (Lipinski definition) is 1. The van der Waals surface area contributed by atoms with E-state index in [4.69, 9.17) is 0 Å². The quantitative estimate of drug-likeness (QED) is 0.811. The molecule has 2 unspecified atom stereocenters. The molecule has 1 aromatic rings. The van der Waals surface area contributed by atoms with E-state index in [9.17, 15) is 8.42 Å². The molecule has 1 saturated heterocycles. The summed E-state index contributed by atoms with van der Waals surface area (Å²) < 4.78 is 25.6. The van der Waals surface area contributed by atoms with Crippen LogP contribution in [0.25, 0.3) is 0 Å². The zero-order chi connectivity index (χ0) is 11.1. The third-order valence-electron chi connectivity index (χ3n) is 3.05. The third-order valence-corrected chi connectivity index (χ3v) is 4.80. The minimum absolute atomic E-state index is 0.184. The maximum atomic E-state index is 12.0. The van der Waals surface area contributed by atoms with Crippen LogP contribution in [0.1, 0.15) is 13.8 Å². The van der Waals surface area contributed by atoms with Crippen molar-refractivity contribution in [3.05, 3.63) is 12.5 Å². The van der Waals surface area contributed by atoms with Crippen LogP contribution < -0.4 is 0 Å². The number of rotatable bonds is 2. The van der Waals surface area contributed by atoms with Crippen LogP contribution >= 0.6 is 0 Å². The van der Waals surface area contributed by atoms with Crippen LogP contribution in [-0.2, 0) is 10.0 Å². The van der Waals surface area contributed by atoms with Gasteiger partial charge >= 0.3 is 0 Å². The van der Waals surface area contributed by atoms with E-state index in [0.717, 1.165) is 0 Å². The summed E-state index contributed by atoms with van der Waals surface area (Å²) in [6, 6.07) is 0. The summed E-state index contributed by atoms with van der Waals surface area (Å²) in [7, 11) is -3.35. The molecule has 0 amide bonds. The van der Waals surface area contributed by atoms with E-state index in [1.165, 1.54) is 16.8 Å². The van der Waals surface area contributed by atoms with Gasteiger partial charge in [-0.25, -0.2) is 13.4 Å². The minimum atomic E-state index is -3.35. The van der Waals surface area contributed by atoms with E-state index < -0.39 is 10.0 Å². The molecular formula is C9H15N3O2S. The first kappa shape index (κ1) is 10.6. The van der Waals surface area contributed by atoms with Crippen LogP contribution in [0.4, 0.5) is 0 Å². The molecular weight excluding hydrogens is 214 g/mol. The molecule has 0 bridgehead atoms. The van der Waals surface area contributed by atoms with Crippen LogP contribution in [0.2, 0.25) is 0 Å². The third kappa shape index (κ3) is 1.79. The Kier molecular flexibility index (Phi) is 2.56. The molecule has 15 heavy (non-hydrogen) atoms. The van der Waals surface area contributed by atoms with E-state index >= 15 is 0 Å². The molecule has 1 fully saturated rings. The van der Waals surface area contributed by atoms with Crippen molar-refractivity contribution < 1.29 is 8.42 Å². The fourth-order valence-electron chi connectivity index (χ4n) is 1.80. The molecule has 0 aromatic carbocycles. The summed E-state index contributed by atoms with van der Waals surface area (Å²) in [5.41, 5.74) is 0. The van der Waals surface area contributed by atoms with Gasteiger partial charge in [-0.1, -0.05) is 13.8 Å². The van der Waals surface area contributed by atoms with E-state index in [2.05, 4.69) is 23.8 Å². The Labute approximate surface area is 89.6 Å². The maximum absolute atomic E-state index is 12.0. The SMILES string of the molecule is CC1CN(S(=O)(=O)c2cnc[nH]2)CC1C. The Morgan fingerprint density at radius 2 is 2.00 bits per heavy atom. The summed E-state index contributed by atoms with van der Waals surface area (Å²) >= 11 is 0. The van der Waals surface area contributed by atoms with E-state index in [1.807, 2.05) is 0 Å². The van der Waals surface area contributed by atoms with Gasteiger partial charge in [0.05, 0.1) is 12.5 Å². The maximum Gasteiger partial charge on any atom is 0.260 e. The monoisotopic (exact) mass is 229 g/mol. The van der Waals surface area contributed by atoms with E-state index in [1.54, 1.807) is 0 Å². The second-order valence-corrected chi connectivity index (χ2v) is 6.10. The average Bonchev–Trinajstić information content (AvgIpc) is 2.77. The van der Waals surface area contributed by atoms with Crippen molar-refractivity contribution in [3.8, 4) is 0 Å². The molecule has 0 saturated carbocycles. The highest BCUT2D eigenvalue weighted by molar-refractivity contribution is 7.89. The number of aromatic nitrogens is 2. The van der Waals surface area contributed by atoms with E-state index in [-0.39, 0.29) is 5.03 Å². The van der Waals surface area contributed by atoms with Gasteiger partial charge in [-0.05, 0) is 11.8 Å². The molecule has 6 heteroatoms. The van der Waals surface area contributed by atoms with Crippen molar-refractivity contribution in [2.45, 2.75) is 18.9 Å². The van der Waals surface area contributed by atoms with Crippen molar-refractivity contribution in [3.63, 3.8) is 0 Å². The van der Waals surface area contributed by atoms with Crippen molar-refractivity contribution in [2.75, 3.05) is 13.1 Å². The number of sulfonamides is 1. The van der Waals surface area contributed by atoms with Crippen molar-refractivity contribution in [2.24, 2.45) is 11.8 Å². The van der Waals surface area contributed by atoms with Crippen molar-refractivity contribution >= 4 is 10.0 Å². The summed E-state index contributed by atoms with van der Waals surface area (Å²) in [5.74, 6) is 0.838. The topological polar surface area (TPSA) is 66.1 Å². The van der Waals surface area contributed by atoms with Gasteiger partial charge in [0.2, 0.25) is 0 Å². The van der Waals surface area contributed by atoms with Crippen molar-refractivity contribution in [1.82, 2.24) is 14.3 Å². The minimum Gasteiger partial charge on any atom is -0.335 e. The number of H-pyrrole nitrogens is 1. The number of imidazole rings is 1. The predicted molar refractivity (Wildman–Crippen MR) is 55.7 cm³/mol. The lowest BCUT2D eigenvalue weighted by atomic mass is 10.0. The van der Waals surface area contributed by atoms with Crippen LogP contribution in [0, 0.1) is 11.8 Å².